The van der Waals surface area contributed by atoms with Crippen molar-refractivity contribution in [3.8, 4) is 0 Å². The van der Waals surface area contributed by atoms with Crippen molar-refractivity contribution in [2.24, 2.45) is 0 Å². The summed E-state index contributed by atoms with van der Waals surface area (Å²) in [7, 11) is -3.52. The molecule has 1 saturated heterocycles. The second-order valence-corrected chi connectivity index (χ2v) is 8.18. The summed E-state index contributed by atoms with van der Waals surface area (Å²) in [6.45, 7) is 0.522. The van der Waals surface area contributed by atoms with Gasteiger partial charge in [-0.2, -0.15) is 9.40 Å². The first-order valence-corrected chi connectivity index (χ1v) is 9.28. The number of fused-ring (bicyclic) bond motifs is 1. The van der Waals surface area contributed by atoms with Crippen LogP contribution in [0.1, 0.15) is 23.9 Å². The lowest BCUT2D eigenvalue weighted by molar-refractivity contribution is 0.396. The highest BCUT2D eigenvalue weighted by molar-refractivity contribution is 7.89. The summed E-state index contributed by atoms with van der Waals surface area (Å²) in [6, 6.07) is 7.70. The van der Waals surface area contributed by atoms with Gasteiger partial charge in [-0.15, -0.1) is 11.3 Å². The fourth-order valence-electron chi connectivity index (χ4n) is 2.82. The van der Waals surface area contributed by atoms with E-state index in [4.69, 9.17) is 0 Å². The van der Waals surface area contributed by atoms with E-state index in [2.05, 4.69) is 15.2 Å². The highest BCUT2D eigenvalue weighted by Gasteiger charge is 2.38. The summed E-state index contributed by atoms with van der Waals surface area (Å²) in [4.78, 5) is 4.84. The SMILES string of the molecule is O=S(=O)(c1cn[nH]c1)N1CCC[C@H]1c1nc2ccccc2s1. The van der Waals surface area contributed by atoms with Crippen LogP contribution in [0.3, 0.4) is 0 Å². The average molecular weight is 334 g/mol. The van der Waals surface area contributed by atoms with Gasteiger partial charge in [-0.3, -0.25) is 5.10 Å². The first-order chi connectivity index (χ1) is 10.7. The third-order valence-electron chi connectivity index (χ3n) is 3.88. The van der Waals surface area contributed by atoms with Crippen LogP contribution in [0.2, 0.25) is 0 Å². The molecule has 0 bridgehead atoms. The number of para-hydroxylation sites is 1. The van der Waals surface area contributed by atoms with E-state index in [0.29, 0.717) is 6.54 Å². The van der Waals surface area contributed by atoms with Crippen LogP contribution in [0.25, 0.3) is 10.2 Å². The highest BCUT2D eigenvalue weighted by Crippen LogP contribution is 2.39. The van der Waals surface area contributed by atoms with Crippen LogP contribution in [0, 0.1) is 0 Å². The van der Waals surface area contributed by atoms with E-state index in [9.17, 15) is 8.42 Å². The summed E-state index contributed by atoms with van der Waals surface area (Å²) in [5.74, 6) is 0. The fraction of sp³-hybridized carbons (Fsp3) is 0.286. The van der Waals surface area contributed by atoms with Crippen molar-refractivity contribution in [3.05, 3.63) is 41.7 Å². The number of aromatic amines is 1. The van der Waals surface area contributed by atoms with E-state index in [-0.39, 0.29) is 10.9 Å². The van der Waals surface area contributed by atoms with Crippen molar-refractivity contribution in [3.63, 3.8) is 0 Å². The van der Waals surface area contributed by atoms with Crippen molar-refractivity contribution < 1.29 is 8.42 Å². The quantitative estimate of drug-likeness (QED) is 0.798. The van der Waals surface area contributed by atoms with Crippen LogP contribution in [-0.2, 0) is 10.0 Å². The van der Waals surface area contributed by atoms with Gasteiger partial charge < -0.3 is 0 Å². The maximum atomic E-state index is 12.7. The summed E-state index contributed by atoms with van der Waals surface area (Å²) in [5, 5.41) is 7.18. The molecule has 6 nitrogen and oxygen atoms in total. The number of aromatic nitrogens is 3. The number of hydrogen-bond donors (Lipinski definition) is 1. The predicted octanol–water partition coefficient (Wildman–Crippen LogP) is 2.55. The number of nitrogens with zero attached hydrogens (tertiary/aromatic N) is 3. The van der Waals surface area contributed by atoms with Gasteiger partial charge in [0.1, 0.15) is 9.90 Å². The summed E-state index contributed by atoms with van der Waals surface area (Å²) in [6.07, 6.45) is 4.42. The Morgan fingerprint density at radius 2 is 2.18 bits per heavy atom. The largest absolute Gasteiger partial charge is 0.284 e. The van der Waals surface area contributed by atoms with Gasteiger partial charge in [-0.1, -0.05) is 12.1 Å². The minimum atomic E-state index is -3.52. The molecule has 3 heterocycles. The number of thiazole rings is 1. The zero-order valence-corrected chi connectivity index (χ0v) is 13.3. The van der Waals surface area contributed by atoms with Crippen molar-refractivity contribution in [1.82, 2.24) is 19.5 Å². The first-order valence-electron chi connectivity index (χ1n) is 7.02. The standard InChI is InChI=1S/C14H14N4O2S2/c19-22(20,10-8-15-16-9-10)18-7-3-5-12(18)14-17-11-4-1-2-6-13(11)21-14/h1-2,4,6,8-9,12H,3,5,7H2,(H,15,16)/t12-/m0/s1. The lowest BCUT2D eigenvalue weighted by atomic mass is 10.2. The van der Waals surface area contributed by atoms with Crippen LogP contribution in [0.4, 0.5) is 0 Å². The molecule has 0 radical (unpaired) electrons. The molecule has 2 aromatic heterocycles. The molecule has 22 heavy (non-hydrogen) atoms. The van der Waals surface area contributed by atoms with Gasteiger partial charge in [0.05, 0.1) is 22.5 Å². The van der Waals surface area contributed by atoms with E-state index in [1.54, 1.807) is 15.6 Å². The molecule has 1 aromatic carbocycles. The molecule has 1 aliphatic heterocycles. The molecule has 1 N–H and O–H groups in total. The van der Waals surface area contributed by atoms with E-state index in [1.165, 1.54) is 12.4 Å². The first kappa shape index (κ1) is 13.9. The molecule has 0 saturated carbocycles. The third kappa shape index (κ3) is 2.15. The van der Waals surface area contributed by atoms with Crippen molar-refractivity contribution in [2.75, 3.05) is 6.54 Å². The molecule has 0 aliphatic carbocycles. The van der Waals surface area contributed by atoms with E-state index >= 15 is 0 Å². The van der Waals surface area contributed by atoms with Crippen LogP contribution in [-0.4, -0.2) is 34.4 Å². The molecule has 8 heteroatoms. The Labute approximate surface area is 131 Å². The fourth-order valence-corrected chi connectivity index (χ4v) is 5.57. The Kier molecular flexibility index (Phi) is 3.24. The number of sulfonamides is 1. The van der Waals surface area contributed by atoms with E-state index < -0.39 is 10.0 Å². The minimum absolute atomic E-state index is 0.183. The highest BCUT2D eigenvalue weighted by atomic mass is 32.2. The molecular formula is C14H14N4O2S2. The van der Waals surface area contributed by atoms with Crippen molar-refractivity contribution in [1.29, 1.82) is 0 Å². The molecule has 114 valence electrons. The Bertz CT molecular complexity index is 869. The van der Waals surface area contributed by atoms with Gasteiger partial charge in [0.15, 0.2) is 0 Å². The topological polar surface area (TPSA) is 79.0 Å². The van der Waals surface area contributed by atoms with Gasteiger partial charge in [0.2, 0.25) is 10.0 Å². The van der Waals surface area contributed by atoms with Crippen LogP contribution in [0.15, 0.2) is 41.6 Å². The average Bonchev–Trinajstić information content (AvgIpc) is 3.25. The number of H-pyrrole nitrogens is 1. The van der Waals surface area contributed by atoms with Gasteiger partial charge in [0, 0.05) is 12.7 Å². The minimum Gasteiger partial charge on any atom is -0.284 e. The van der Waals surface area contributed by atoms with Crippen LogP contribution in [0.5, 0.6) is 0 Å². The van der Waals surface area contributed by atoms with E-state index in [0.717, 1.165) is 28.1 Å². The van der Waals surface area contributed by atoms with E-state index in [1.807, 2.05) is 24.3 Å². The molecule has 0 spiro atoms. The number of hydrogen-bond acceptors (Lipinski definition) is 5. The summed E-state index contributed by atoms with van der Waals surface area (Å²) < 4.78 is 28.1. The van der Waals surface area contributed by atoms with Gasteiger partial charge in [0.25, 0.3) is 0 Å². The number of benzene rings is 1. The molecule has 4 rings (SSSR count). The van der Waals surface area contributed by atoms with Crippen LogP contribution >= 0.6 is 11.3 Å². The Hall–Kier alpha value is -1.77. The molecular weight excluding hydrogens is 320 g/mol. The smallest absolute Gasteiger partial charge is 0.246 e. The van der Waals surface area contributed by atoms with Crippen molar-refractivity contribution in [2.45, 2.75) is 23.8 Å². The Morgan fingerprint density at radius 3 is 2.95 bits per heavy atom. The van der Waals surface area contributed by atoms with Gasteiger partial charge in [-0.25, -0.2) is 13.4 Å². The Balaban J connectivity index is 1.75. The normalized spacial score (nSPS) is 19.9. The number of rotatable bonds is 3. The number of nitrogens with one attached hydrogen (secondary N) is 1. The predicted molar refractivity (Wildman–Crippen MR) is 84.1 cm³/mol. The molecule has 1 atom stereocenters. The monoisotopic (exact) mass is 334 g/mol. The maximum Gasteiger partial charge on any atom is 0.246 e. The molecule has 0 amide bonds. The molecule has 3 aromatic rings. The van der Waals surface area contributed by atoms with Crippen LogP contribution < -0.4 is 0 Å². The molecule has 1 fully saturated rings. The van der Waals surface area contributed by atoms with Gasteiger partial charge >= 0.3 is 0 Å². The molecule has 1 aliphatic rings. The third-order valence-corrected chi connectivity index (χ3v) is 6.89. The second-order valence-electron chi connectivity index (χ2n) is 5.23. The maximum absolute atomic E-state index is 12.7. The lowest BCUT2D eigenvalue weighted by Gasteiger charge is -2.21. The Morgan fingerprint density at radius 1 is 1.32 bits per heavy atom. The van der Waals surface area contributed by atoms with Crippen molar-refractivity contribution >= 4 is 31.6 Å². The zero-order chi connectivity index (χ0) is 15.2. The molecule has 0 unspecified atom stereocenters. The lowest BCUT2D eigenvalue weighted by Crippen LogP contribution is -2.30. The van der Waals surface area contributed by atoms with Gasteiger partial charge in [-0.05, 0) is 25.0 Å². The summed E-state index contributed by atoms with van der Waals surface area (Å²) >= 11 is 1.57. The zero-order valence-electron chi connectivity index (χ0n) is 11.6. The summed E-state index contributed by atoms with van der Waals surface area (Å²) in [5.41, 5.74) is 0.926. The second kappa shape index (κ2) is 5.15.